The Kier molecular flexibility index (Phi) is 6.66. The van der Waals surface area contributed by atoms with E-state index in [0.717, 1.165) is 18.7 Å². The normalized spacial score (nSPS) is 17.0. The second-order valence-electron chi connectivity index (χ2n) is 6.72. The summed E-state index contributed by atoms with van der Waals surface area (Å²) in [6, 6.07) is 16.7. The van der Waals surface area contributed by atoms with Crippen molar-refractivity contribution in [1.29, 1.82) is 0 Å². The molecule has 0 saturated heterocycles. The molecule has 0 unspecified atom stereocenters. The van der Waals surface area contributed by atoms with E-state index >= 15 is 0 Å². The molecular formula is C21H26N4O3S. The van der Waals surface area contributed by atoms with Crippen LogP contribution in [0.15, 0.2) is 64.5 Å². The van der Waals surface area contributed by atoms with Gasteiger partial charge in [0, 0.05) is 12.1 Å². The third-order valence-corrected chi connectivity index (χ3v) is 6.37. The number of carbonyl (C=O) groups excluding carboxylic acids is 1. The lowest BCUT2D eigenvalue weighted by Gasteiger charge is -2.30. The van der Waals surface area contributed by atoms with Crippen molar-refractivity contribution >= 4 is 21.8 Å². The summed E-state index contributed by atoms with van der Waals surface area (Å²) in [6.07, 6.45) is 0. The molecule has 154 valence electrons. The van der Waals surface area contributed by atoms with E-state index in [1.165, 1.54) is 6.07 Å². The molecule has 0 fully saturated rings. The SMILES string of the molecule is CCN(CC)[C@H](CNC(=O)CN=C1NS(=O)(=O)c2ccccc21)c1ccccc1. The number of nitrogens with one attached hydrogen (secondary N) is 2. The number of amides is 1. The molecule has 1 aliphatic heterocycles. The Labute approximate surface area is 171 Å². The van der Waals surface area contributed by atoms with Gasteiger partial charge in [0.1, 0.15) is 12.4 Å². The molecule has 0 saturated carbocycles. The molecule has 0 radical (unpaired) electrons. The summed E-state index contributed by atoms with van der Waals surface area (Å²) in [7, 11) is -3.60. The minimum absolute atomic E-state index is 0.0634. The molecule has 0 aromatic heterocycles. The Bertz CT molecular complexity index is 986. The molecule has 1 heterocycles. The van der Waals surface area contributed by atoms with Gasteiger partial charge in [0.15, 0.2) is 0 Å². The first-order chi connectivity index (χ1) is 14.0. The average molecular weight is 415 g/mol. The first-order valence-electron chi connectivity index (χ1n) is 9.68. The third-order valence-electron chi connectivity index (χ3n) is 4.97. The number of hydrogen-bond donors (Lipinski definition) is 2. The van der Waals surface area contributed by atoms with Crippen LogP contribution < -0.4 is 10.0 Å². The van der Waals surface area contributed by atoms with Crippen molar-refractivity contribution in [2.24, 2.45) is 4.99 Å². The van der Waals surface area contributed by atoms with Gasteiger partial charge in [-0.05, 0) is 30.8 Å². The topological polar surface area (TPSA) is 90.9 Å². The summed E-state index contributed by atoms with van der Waals surface area (Å²) in [5, 5.41) is 2.93. The fourth-order valence-corrected chi connectivity index (χ4v) is 4.72. The summed E-state index contributed by atoms with van der Waals surface area (Å²) in [6.45, 7) is 6.23. The molecule has 7 nitrogen and oxygen atoms in total. The van der Waals surface area contributed by atoms with Crippen molar-refractivity contribution < 1.29 is 13.2 Å². The van der Waals surface area contributed by atoms with Crippen LogP contribution in [0.5, 0.6) is 0 Å². The van der Waals surface area contributed by atoms with Crippen molar-refractivity contribution in [3.8, 4) is 0 Å². The lowest BCUT2D eigenvalue weighted by atomic mass is 10.1. The van der Waals surface area contributed by atoms with Crippen LogP contribution in [0.25, 0.3) is 0 Å². The number of fused-ring (bicyclic) bond motifs is 1. The molecule has 1 atom stereocenters. The molecule has 2 aromatic rings. The van der Waals surface area contributed by atoms with E-state index in [1.54, 1.807) is 18.2 Å². The molecule has 0 aliphatic carbocycles. The zero-order chi connectivity index (χ0) is 20.9. The van der Waals surface area contributed by atoms with Gasteiger partial charge in [-0.2, -0.15) is 0 Å². The fourth-order valence-electron chi connectivity index (χ4n) is 3.47. The van der Waals surface area contributed by atoms with Crippen molar-refractivity contribution in [3.63, 3.8) is 0 Å². The molecule has 1 aliphatic rings. The van der Waals surface area contributed by atoms with Crippen LogP contribution in [0, 0.1) is 0 Å². The Morgan fingerprint density at radius 2 is 1.72 bits per heavy atom. The van der Waals surface area contributed by atoms with Gasteiger partial charge in [-0.3, -0.25) is 19.4 Å². The Hall–Kier alpha value is -2.71. The highest BCUT2D eigenvalue weighted by Crippen LogP contribution is 2.22. The standard InChI is InChI=1S/C21H26N4O3S/c1-3-25(4-2)18(16-10-6-5-7-11-16)14-22-20(26)15-23-21-17-12-8-9-13-19(17)29(27,28)24-21/h5-13,18H,3-4,14-15H2,1-2H3,(H,22,26)(H,23,24)/t18-/m1/s1. The van der Waals surface area contributed by atoms with E-state index in [1.807, 2.05) is 18.2 Å². The van der Waals surface area contributed by atoms with E-state index in [9.17, 15) is 13.2 Å². The molecule has 1 amide bonds. The number of rotatable bonds is 8. The zero-order valence-corrected chi connectivity index (χ0v) is 17.4. The number of sulfonamides is 1. The number of hydrogen-bond acceptors (Lipinski definition) is 5. The first-order valence-corrected chi connectivity index (χ1v) is 11.2. The predicted octanol–water partition coefficient (Wildman–Crippen LogP) is 1.92. The molecule has 3 rings (SSSR count). The van der Waals surface area contributed by atoms with E-state index in [-0.39, 0.29) is 29.2 Å². The highest BCUT2D eigenvalue weighted by Gasteiger charge is 2.30. The van der Waals surface area contributed by atoms with Crippen LogP contribution in [-0.4, -0.2) is 51.2 Å². The summed E-state index contributed by atoms with van der Waals surface area (Å²) in [5.74, 6) is -0.0479. The smallest absolute Gasteiger partial charge is 0.263 e. The Balaban J connectivity index is 1.67. The Morgan fingerprint density at radius 1 is 1.07 bits per heavy atom. The highest BCUT2D eigenvalue weighted by atomic mass is 32.2. The maximum atomic E-state index is 12.4. The van der Waals surface area contributed by atoms with E-state index in [0.29, 0.717) is 12.1 Å². The molecule has 2 N–H and O–H groups in total. The van der Waals surface area contributed by atoms with Crippen LogP contribution in [-0.2, 0) is 14.8 Å². The number of amidine groups is 1. The van der Waals surface area contributed by atoms with Gasteiger partial charge in [-0.25, -0.2) is 8.42 Å². The number of benzene rings is 2. The maximum Gasteiger partial charge on any atom is 0.263 e. The highest BCUT2D eigenvalue weighted by molar-refractivity contribution is 7.90. The Morgan fingerprint density at radius 3 is 2.41 bits per heavy atom. The van der Waals surface area contributed by atoms with Crippen molar-refractivity contribution in [1.82, 2.24) is 14.9 Å². The average Bonchev–Trinajstić information content (AvgIpc) is 3.00. The molecule has 2 aromatic carbocycles. The van der Waals surface area contributed by atoms with Gasteiger partial charge in [-0.1, -0.05) is 56.3 Å². The van der Waals surface area contributed by atoms with E-state index < -0.39 is 10.0 Å². The van der Waals surface area contributed by atoms with Gasteiger partial charge in [0.05, 0.1) is 10.9 Å². The minimum atomic E-state index is -3.60. The van der Waals surface area contributed by atoms with Crippen molar-refractivity contribution in [2.75, 3.05) is 26.2 Å². The van der Waals surface area contributed by atoms with Gasteiger partial charge < -0.3 is 5.32 Å². The molecule has 0 bridgehead atoms. The third kappa shape index (κ3) is 4.83. The second kappa shape index (κ2) is 9.19. The van der Waals surface area contributed by atoms with Gasteiger partial charge in [0.2, 0.25) is 5.91 Å². The number of likely N-dealkylation sites (N-methyl/N-ethyl adjacent to an activating group) is 1. The molecule has 0 spiro atoms. The van der Waals surface area contributed by atoms with Crippen LogP contribution in [0.3, 0.4) is 0 Å². The van der Waals surface area contributed by atoms with Crippen LogP contribution in [0.1, 0.15) is 31.0 Å². The second-order valence-corrected chi connectivity index (χ2v) is 8.37. The monoisotopic (exact) mass is 414 g/mol. The van der Waals surface area contributed by atoms with Gasteiger partial charge in [-0.15, -0.1) is 0 Å². The number of carbonyl (C=O) groups is 1. The number of aliphatic imine (C=N–C) groups is 1. The molecule has 29 heavy (non-hydrogen) atoms. The maximum absolute atomic E-state index is 12.4. The van der Waals surface area contributed by atoms with E-state index in [2.05, 4.69) is 45.9 Å². The van der Waals surface area contributed by atoms with Crippen LogP contribution >= 0.6 is 0 Å². The summed E-state index contributed by atoms with van der Waals surface area (Å²) in [5.41, 5.74) is 1.63. The summed E-state index contributed by atoms with van der Waals surface area (Å²) in [4.78, 5) is 19.1. The first kappa shape index (κ1) is 21.0. The van der Waals surface area contributed by atoms with Gasteiger partial charge >= 0.3 is 0 Å². The lowest BCUT2D eigenvalue weighted by molar-refractivity contribution is -0.119. The minimum Gasteiger partial charge on any atom is -0.353 e. The van der Waals surface area contributed by atoms with Crippen LogP contribution in [0.4, 0.5) is 0 Å². The largest absolute Gasteiger partial charge is 0.353 e. The van der Waals surface area contributed by atoms with Crippen LogP contribution in [0.2, 0.25) is 0 Å². The molecular weight excluding hydrogens is 388 g/mol. The van der Waals surface area contributed by atoms with Crippen molar-refractivity contribution in [3.05, 3.63) is 65.7 Å². The lowest BCUT2D eigenvalue weighted by Crippen LogP contribution is -2.39. The summed E-state index contributed by atoms with van der Waals surface area (Å²) < 4.78 is 26.7. The summed E-state index contributed by atoms with van der Waals surface area (Å²) >= 11 is 0. The van der Waals surface area contributed by atoms with Gasteiger partial charge in [0.25, 0.3) is 10.0 Å². The fraction of sp³-hybridized carbons (Fsp3) is 0.333. The number of nitrogens with zero attached hydrogens (tertiary/aromatic N) is 2. The quantitative estimate of drug-likeness (QED) is 0.691. The molecule has 8 heteroatoms. The predicted molar refractivity (Wildman–Crippen MR) is 113 cm³/mol. The van der Waals surface area contributed by atoms with Crippen molar-refractivity contribution in [2.45, 2.75) is 24.8 Å². The van der Waals surface area contributed by atoms with E-state index in [4.69, 9.17) is 0 Å². The zero-order valence-electron chi connectivity index (χ0n) is 16.6.